The van der Waals surface area contributed by atoms with Crippen LogP contribution >= 0.6 is 0 Å². The van der Waals surface area contributed by atoms with Crippen molar-refractivity contribution in [3.8, 4) is 0 Å². The molecule has 0 amide bonds. The number of rotatable bonds is 7. The van der Waals surface area contributed by atoms with Gasteiger partial charge in [0.05, 0.1) is 11.7 Å². The molecule has 6 nitrogen and oxygen atoms in total. The summed E-state index contributed by atoms with van der Waals surface area (Å²) in [5.41, 5.74) is 14.6. The number of para-hydroxylation sites is 1. The van der Waals surface area contributed by atoms with Gasteiger partial charge in [-0.1, -0.05) is 30.3 Å². The number of fused-ring (bicyclic) bond motifs is 1. The van der Waals surface area contributed by atoms with E-state index in [0.29, 0.717) is 0 Å². The molecule has 1 unspecified atom stereocenters. The minimum Gasteiger partial charge on any atom is -0.401 e. The lowest BCUT2D eigenvalue weighted by atomic mass is 9.92. The molecule has 0 saturated carbocycles. The Hall–Kier alpha value is -3.25. The van der Waals surface area contributed by atoms with Gasteiger partial charge in [-0.3, -0.25) is 0 Å². The molecule has 1 aliphatic rings. The summed E-state index contributed by atoms with van der Waals surface area (Å²) >= 11 is 0. The molecule has 164 valence electrons. The van der Waals surface area contributed by atoms with E-state index in [0.717, 1.165) is 53.3 Å². The molecule has 6 N–H and O–H groups in total. The van der Waals surface area contributed by atoms with Crippen molar-refractivity contribution in [2.24, 2.45) is 5.73 Å². The minimum absolute atomic E-state index is 0.115. The quantitative estimate of drug-likeness (QED) is 0.442. The van der Waals surface area contributed by atoms with Crippen LogP contribution in [-0.2, 0) is 6.54 Å². The second-order valence-electron chi connectivity index (χ2n) is 8.20. The van der Waals surface area contributed by atoms with E-state index in [9.17, 15) is 0 Å². The summed E-state index contributed by atoms with van der Waals surface area (Å²) in [6, 6.07) is 15.0. The number of benzene rings is 2. The van der Waals surface area contributed by atoms with Crippen molar-refractivity contribution in [2.45, 2.75) is 25.9 Å². The van der Waals surface area contributed by atoms with Gasteiger partial charge in [-0.25, -0.2) is 0 Å². The lowest BCUT2D eigenvalue weighted by molar-refractivity contribution is 0.403. The number of hydrogen-bond acceptors (Lipinski definition) is 6. The molecule has 0 aromatic heterocycles. The molecule has 0 aliphatic carbocycles. The van der Waals surface area contributed by atoms with Crippen molar-refractivity contribution in [1.29, 1.82) is 5.41 Å². The molecule has 2 aromatic carbocycles. The Labute approximate surface area is 185 Å². The predicted molar refractivity (Wildman–Crippen MR) is 132 cm³/mol. The van der Waals surface area contributed by atoms with Gasteiger partial charge in [0.2, 0.25) is 0 Å². The molecule has 1 aliphatic heterocycles. The largest absolute Gasteiger partial charge is 0.401 e. The zero-order valence-corrected chi connectivity index (χ0v) is 18.9. The average molecular weight is 419 g/mol. The van der Waals surface area contributed by atoms with Gasteiger partial charge in [-0.05, 0) is 56.3 Å². The van der Waals surface area contributed by atoms with Crippen molar-refractivity contribution < 1.29 is 0 Å². The Morgan fingerprint density at radius 1 is 1.26 bits per heavy atom. The molecule has 6 heteroatoms. The third kappa shape index (κ3) is 5.27. The minimum atomic E-state index is 0.115. The van der Waals surface area contributed by atoms with E-state index in [4.69, 9.17) is 11.1 Å². The highest BCUT2D eigenvalue weighted by molar-refractivity contribution is 6.08. The summed E-state index contributed by atoms with van der Waals surface area (Å²) in [4.78, 5) is 2.18. The zero-order chi connectivity index (χ0) is 22.4. The van der Waals surface area contributed by atoms with E-state index in [1.54, 1.807) is 0 Å². The highest BCUT2D eigenvalue weighted by Crippen LogP contribution is 2.34. The van der Waals surface area contributed by atoms with Gasteiger partial charge in [0, 0.05) is 55.1 Å². The van der Waals surface area contributed by atoms with E-state index >= 15 is 0 Å². The fourth-order valence-corrected chi connectivity index (χ4v) is 4.04. The van der Waals surface area contributed by atoms with Crippen LogP contribution in [0, 0.1) is 5.41 Å². The Morgan fingerprint density at radius 3 is 2.71 bits per heavy atom. The fourth-order valence-electron chi connectivity index (χ4n) is 4.04. The maximum atomic E-state index is 7.82. The molecule has 2 aromatic rings. The third-order valence-electron chi connectivity index (χ3n) is 5.45. The Kier molecular flexibility index (Phi) is 7.36. The topological polar surface area (TPSA) is 89.2 Å². The lowest BCUT2D eigenvalue weighted by Crippen LogP contribution is -2.18. The third-order valence-corrected chi connectivity index (χ3v) is 5.45. The molecule has 1 atom stereocenters. The van der Waals surface area contributed by atoms with Crippen molar-refractivity contribution in [3.63, 3.8) is 0 Å². The summed E-state index contributed by atoms with van der Waals surface area (Å²) in [7, 11) is 6.02. The van der Waals surface area contributed by atoms with Gasteiger partial charge in [0.1, 0.15) is 0 Å². The first-order valence-electron chi connectivity index (χ1n) is 10.7. The number of nitrogens with zero attached hydrogens (tertiary/aromatic N) is 1. The molecule has 0 fully saturated rings. The summed E-state index contributed by atoms with van der Waals surface area (Å²) in [6.45, 7) is 3.63. The van der Waals surface area contributed by atoms with Gasteiger partial charge >= 0.3 is 0 Å². The molecule has 1 heterocycles. The normalized spacial score (nSPS) is 18.0. The Balaban J connectivity index is 2.09. The molecule has 31 heavy (non-hydrogen) atoms. The first kappa shape index (κ1) is 22.4. The van der Waals surface area contributed by atoms with Crippen molar-refractivity contribution >= 4 is 23.2 Å². The summed E-state index contributed by atoms with van der Waals surface area (Å²) in [5, 5.41) is 18.2. The SMILES string of the molecule is CN/C=C(\C=N)c1ccc2c(c1)C(Nc1ccccc1CN(C)C)CCN/C2=C(/C)N. The predicted octanol–water partition coefficient (Wildman–Crippen LogP) is 3.75. The van der Waals surface area contributed by atoms with Crippen LogP contribution in [0.5, 0.6) is 0 Å². The molecular weight excluding hydrogens is 384 g/mol. The summed E-state index contributed by atoms with van der Waals surface area (Å²) in [6.07, 6.45) is 4.15. The molecule has 0 spiro atoms. The van der Waals surface area contributed by atoms with E-state index in [1.165, 1.54) is 17.3 Å². The standard InChI is InChI=1S/C25H34N6/c1-17(27)25-21-10-9-18(20(14-26)15-28-2)13-22(21)24(11-12-29-25)30-23-8-6-5-7-19(23)16-31(3)4/h5-10,13-15,24,26,28-30H,11-12,16,27H2,1-4H3/b20-15+,25-17-,26-14?. The lowest BCUT2D eigenvalue weighted by Gasteiger charge is -2.24. The van der Waals surface area contributed by atoms with E-state index in [2.05, 4.69) is 77.4 Å². The second kappa shape index (κ2) is 10.2. The number of nitrogens with one attached hydrogen (secondary N) is 4. The number of hydrogen-bond donors (Lipinski definition) is 5. The summed E-state index contributed by atoms with van der Waals surface area (Å²) in [5.74, 6) is 0. The molecule has 3 rings (SSSR count). The van der Waals surface area contributed by atoms with Gasteiger partial charge in [-0.2, -0.15) is 0 Å². The van der Waals surface area contributed by atoms with E-state index in [1.807, 2.05) is 20.2 Å². The van der Waals surface area contributed by atoms with Gasteiger partial charge in [0.25, 0.3) is 0 Å². The van der Waals surface area contributed by atoms with Crippen LogP contribution in [0.25, 0.3) is 11.3 Å². The molecule has 0 saturated heterocycles. The first-order chi connectivity index (χ1) is 14.9. The highest BCUT2D eigenvalue weighted by Gasteiger charge is 2.23. The average Bonchev–Trinajstić information content (AvgIpc) is 2.92. The number of nitrogens with two attached hydrogens (primary N) is 1. The van der Waals surface area contributed by atoms with Gasteiger partial charge in [-0.15, -0.1) is 0 Å². The number of allylic oxidation sites excluding steroid dienone is 2. The van der Waals surface area contributed by atoms with Gasteiger partial charge in [0.15, 0.2) is 0 Å². The van der Waals surface area contributed by atoms with Crippen LogP contribution in [0.4, 0.5) is 5.69 Å². The van der Waals surface area contributed by atoms with Crippen LogP contribution in [0.3, 0.4) is 0 Å². The van der Waals surface area contributed by atoms with Crippen molar-refractivity contribution in [2.75, 3.05) is 33.0 Å². The molecule has 0 radical (unpaired) electrons. The Morgan fingerprint density at radius 2 is 2.03 bits per heavy atom. The van der Waals surface area contributed by atoms with E-state index < -0.39 is 0 Å². The monoisotopic (exact) mass is 418 g/mol. The zero-order valence-electron chi connectivity index (χ0n) is 18.9. The molecular formula is C25H34N6. The second-order valence-corrected chi connectivity index (χ2v) is 8.20. The van der Waals surface area contributed by atoms with Gasteiger partial charge < -0.3 is 32.0 Å². The maximum Gasteiger partial charge on any atom is 0.0605 e. The smallest absolute Gasteiger partial charge is 0.0605 e. The van der Waals surface area contributed by atoms with Crippen LogP contribution in [0.1, 0.15) is 41.6 Å². The van der Waals surface area contributed by atoms with E-state index in [-0.39, 0.29) is 6.04 Å². The van der Waals surface area contributed by atoms with Crippen LogP contribution in [0.2, 0.25) is 0 Å². The number of anilines is 1. The van der Waals surface area contributed by atoms with Crippen LogP contribution in [0.15, 0.2) is 54.4 Å². The maximum absolute atomic E-state index is 7.82. The first-order valence-corrected chi connectivity index (χ1v) is 10.7. The van der Waals surface area contributed by atoms with Crippen molar-refractivity contribution in [3.05, 3.63) is 76.6 Å². The van der Waals surface area contributed by atoms with Crippen LogP contribution in [-0.4, -0.2) is 38.8 Å². The highest BCUT2D eigenvalue weighted by atomic mass is 15.1. The fraction of sp³-hybridized carbons (Fsp3) is 0.320. The summed E-state index contributed by atoms with van der Waals surface area (Å²) < 4.78 is 0. The molecule has 0 bridgehead atoms. The van der Waals surface area contributed by atoms with Crippen LogP contribution < -0.4 is 21.7 Å². The van der Waals surface area contributed by atoms with Crippen molar-refractivity contribution in [1.82, 2.24) is 15.5 Å². The Bertz CT molecular complexity index is 985.